The highest BCUT2D eigenvalue weighted by molar-refractivity contribution is 7.17. The molecule has 9 heteroatoms. The molecule has 3 rings (SSSR count). The standard InChI is InChI=1S/C22H24ClN5O2S/c1-16-20(21(30)25-13-18-4-3-9-24-12-18)31-22(26-16)27(2)10-11-28(15-29)14-17-5-7-19(23)8-6-17/h3-9,12,15H,10-11,13-14H2,1-2H3,(H,25,30). The molecule has 2 heterocycles. The number of halogens is 1. The van der Waals surface area contributed by atoms with E-state index in [0.717, 1.165) is 22.7 Å². The fourth-order valence-corrected chi connectivity index (χ4v) is 3.99. The predicted molar refractivity (Wildman–Crippen MR) is 123 cm³/mol. The van der Waals surface area contributed by atoms with Crippen molar-refractivity contribution in [1.29, 1.82) is 0 Å². The Balaban J connectivity index is 1.55. The number of anilines is 1. The van der Waals surface area contributed by atoms with Crippen LogP contribution in [-0.4, -0.2) is 47.3 Å². The van der Waals surface area contributed by atoms with E-state index in [4.69, 9.17) is 11.6 Å². The largest absolute Gasteiger partial charge is 0.349 e. The van der Waals surface area contributed by atoms with E-state index < -0.39 is 0 Å². The van der Waals surface area contributed by atoms with Gasteiger partial charge in [0.25, 0.3) is 5.91 Å². The van der Waals surface area contributed by atoms with Gasteiger partial charge >= 0.3 is 0 Å². The summed E-state index contributed by atoms with van der Waals surface area (Å²) in [5, 5.41) is 4.31. The van der Waals surface area contributed by atoms with E-state index in [1.165, 1.54) is 11.3 Å². The van der Waals surface area contributed by atoms with Gasteiger partial charge in [-0.25, -0.2) is 4.98 Å². The summed E-state index contributed by atoms with van der Waals surface area (Å²) >= 11 is 7.26. The summed E-state index contributed by atoms with van der Waals surface area (Å²) in [6, 6.07) is 11.2. The molecule has 7 nitrogen and oxygen atoms in total. The van der Waals surface area contributed by atoms with E-state index in [1.54, 1.807) is 17.3 Å². The van der Waals surface area contributed by atoms with Crippen LogP contribution < -0.4 is 10.2 Å². The van der Waals surface area contributed by atoms with Gasteiger partial charge in [0.05, 0.1) is 5.69 Å². The molecule has 0 fully saturated rings. The number of likely N-dealkylation sites (N-methyl/N-ethyl adjacent to an activating group) is 1. The highest BCUT2D eigenvalue weighted by Gasteiger charge is 2.17. The SMILES string of the molecule is Cc1nc(N(C)CCN(C=O)Cc2ccc(Cl)cc2)sc1C(=O)NCc1cccnc1. The van der Waals surface area contributed by atoms with Crippen molar-refractivity contribution in [2.24, 2.45) is 0 Å². The number of pyridine rings is 1. The molecule has 3 aromatic rings. The zero-order chi connectivity index (χ0) is 22.2. The highest BCUT2D eigenvalue weighted by Crippen LogP contribution is 2.25. The van der Waals surface area contributed by atoms with Crippen molar-refractivity contribution in [3.8, 4) is 0 Å². The van der Waals surface area contributed by atoms with Crippen molar-refractivity contribution in [2.75, 3.05) is 25.0 Å². The molecule has 0 unspecified atom stereocenters. The summed E-state index contributed by atoms with van der Waals surface area (Å²) in [5.74, 6) is -0.157. The van der Waals surface area contributed by atoms with Crippen LogP contribution in [0.15, 0.2) is 48.8 Å². The number of amides is 2. The predicted octanol–water partition coefficient (Wildman–Crippen LogP) is 3.52. The number of benzene rings is 1. The zero-order valence-electron chi connectivity index (χ0n) is 17.4. The van der Waals surface area contributed by atoms with Gasteiger partial charge in [-0.1, -0.05) is 41.1 Å². The average molecular weight is 458 g/mol. The van der Waals surface area contributed by atoms with E-state index in [0.29, 0.717) is 41.8 Å². The number of rotatable bonds is 10. The third-order valence-electron chi connectivity index (χ3n) is 4.66. The van der Waals surface area contributed by atoms with Gasteiger partial charge in [-0.3, -0.25) is 14.6 Å². The topological polar surface area (TPSA) is 78.4 Å². The van der Waals surface area contributed by atoms with Gasteiger partial charge in [-0.2, -0.15) is 0 Å². The minimum absolute atomic E-state index is 0.157. The summed E-state index contributed by atoms with van der Waals surface area (Å²) in [7, 11) is 1.90. The lowest BCUT2D eigenvalue weighted by molar-refractivity contribution is -0.118. The lowest BCUT2D eigenvalue weighted by Gasteiger charge is -2.22. The van der Waals surface area contributed by atoms with Crippen LogP contribution in [0, 0.1) is 6.92 Å². The zero-order valence-corrected chi connectivity index (χ0v) is 19.0. The molecular weight excluding hydrogens is 434 g/mol. The lowest BCUT2D eigenvalue weighted by atomic mass is 10.2. The maximum absolute atomic E-state index is 12.6. The smallest absolute Gasteiger partial charge is 0.263 e. The second-order valence-corrected chi connectivity index (χ2v) is 8.49. The monoisotopic (exact) mass is 457 g/mol. The van der Waals surface area contributed by atoms with Crippen LogP contribution in [0.1, 0.15) is 26.5 Å². The van der Waals surface area contributed by atoms with Gasteiger partial charge in [0, 0.05) is 50.6 Å². The molecule has 0 bridgehead atoms. The fourth-order valence-electron chi connectivity index (χ4n) is 2.89. The van der Waals surface area contributed by atoms with Crippen LogP contribution in [0.5, 0.6) is 0 Å². The minimum Gasteiger partial charge on any atom is -0.349 e. The van der Waals surface area contributed by atoms with E-state index in [2.05, 4.69) is 15.3 Å². The minimum atomic E-state index is -0.157. The summed E-state index contributed by atoms with van der Waals surface area (Å²) in [4.78, 5) is 36.9. The normalized spacial score (nSPS) is 10.5. The van der Waals surface area contributed by atoms with Gasteiger partial charge in [0.1, 0.15) is 4.88 Å². The highest BCUT2D eigenvalue weighted by atomic mass is 35.5. The maximum Gasteiger partial charge on any atom is 0.263 e. The molecule has 0 radical (unpaired) electrons. The Bertz CT molecular complexity index is 1010. The fraction of sp³-hybridized carbons (Fsp3) is 0.273. The summed E-state index contributed by atoms with van der Waals surface area (Å²) in [5.41, 5.74) is 2.63. The lowest BCUT2D eigenvalue weighted by Crippen LogP contribution is -2.32. The third kappa shape index (κ3) is 6.50. The van der Waals surface area contributed by atoms with Crippen LogP contribution in [0.25, 0.3) is 0 Å². The van der Waals surface area contributed by atoms with Crippen LogP contribution in [0.2, 0.25) is 5.02 Å². The summed E-state index contributed by atoms with van der Waals surface area (Å²) < 4.78 is 0. The molecule has 31 heavy (non-hydrogen) atoms. The van der Waals surface area contributed by atoms with Crippen molar-refractivity contribution >= 4 is 40.4 Å². The number of nitrogens with one attached hydrogen (secondary N) is 1. The van der Waals surface area contributed by atoms with Crippen molar-refractivity contribution in [3.63, 3.8) is 0 Å². The average Bonchev–Trinajstić information content (AvgIpc) is 3.18. The summed E-state index contributed by atoms with van der Waals surface area (Å²) in [6.45, 7) is 3.87. The van der Waals surface area contributed by atoms with Crippen molar-refractivity contribution in [2.45, 2.75) is 20.0 Å². The van der Waals surface area contributed by atoms with Crippen molar-refractivity contribution in [1.82, 2.24) is 20.2 Å². The molecule has 0 spiro atoms. The Kier molecular flexibility index (Phi) is 7.97. The Morgan fingerprint density at radius 2 is 1.97 bits per heavy atom. The van der Waals surface area contributed by atoms with E-state index in [9.17, 15) is 9.59 Å². The molecule has 0 saturated carbocycles. The molecule has 0 aliphatic carbocycles. The Hall–Kier alpha value is -2.97. The quantitative estimate of drug-likeness (QED) is 0.471. The molecule has 0 atom stereocenters. The first-order valence-corrected chi connectivity index (χ1v) is 10.9. The Morgan fingerprint density at radius 3 is 2.65 bits per heavy atom. The number of aromatic nitrogens is 2. The number of hydrogen-bond donors (Lipinski definition) is 1. The third-order valence-corrected chi connectivity index (χ3v) is 6.19. The van der Waals surface area contributed by atoms with Gasteiger partial charge in [-0.05, 0) is 36.2 Å². The van der Waals surface area contributed by atoms with Gasteiger partial charge in [-0.15, -0.1) is 0 Å². The molecule has 1 N–H and O–H groups in total. The number of thiazole rings is 1. The van der Waals surface area contributed by atoms with Crippen molar-refractivity contribution in [3.05, 3.63) is 75.5 Å². The molecule has 2 amide bonds. The first kappa shape index (κ1) is 22.7. The van der Waals surface area contributed by atoms with Crippen molar-refractivity contribution < 1.29 is 9.59 Å². The van der Waals surface area contributed by atoms with Crippen LogP contribution in [0.4, 0.5) is 5.13 Å². The molecular formula is C22H24ClN5O2S. The first-order valence-electron chi connectivity index (χ1n) is 9.75. The van der Waals surface area contributed by atoms with E-state index in [-0.39, 0.29) is 5.91 Å². The molecule has 2 aromatic heterocycles. The van der Waals surface area contributed by atoms with Crippen LogP contribution in [-0.2, 0) is 17.9 Å². The molecule has 162 valence electrons. The molecule has 0 aliphatic rings. The second kappa shape index (κ2) is 10.9. The number of carbonyl (C=O) groups excluding carboxylic acids is 2. The molecule has 1 aromatic carbocycles. The van der Waals surface area contributed by atoms with E-state index >= 15 is 0 Å². The van der Waals surface area contributed by atoms with Crippen LogP contribution in [0.3, 0.4) is 0 Å². The number of nitrogens with zero attached hydrogens (tertiary/aromatic N) is 4. The Labute approximate surface area is 190 Å². The Morgan fingerprint density at radius 1 is 1.19 bits per heavy atom. The molecule has 0 aliphatic heterocycles. The number of aryl methyl sites for hydroxylation is 1. The number of carbonyl (C=O) groups is 2. The second-order valence-electron chi connectivity index (χ2n) is 7.08. The van der Waals surface area contributed by atoms with Gasteiger partial charge in [0.2, 0.25) is 6.41 Å². The summed E-state index contributed by atoms with van der Waals surface area (Å²) in [6.07, 6.45) is 4.26. The maximum atomic E-state index is 12.6. The van der Waals surface area contributed by atoms with Crippen LogP contribution >= 0.6 is 22.9 Å². The van der Waals surface area contributed by atoms with Gasteiger partial charge < -0.3 is 15.1 Å². The van der Waals surface area contributed by atoms with Gasteiger partial charge in [0.15, 0.2) is 5.13 Å². The van der Waals surface area contributed by atoms with E-state index in [1.807, 2.05) is 55.3 Å². The molecule has 0 saturated heterocycles. The number of hydrogen-bond acceptors (Lipinski definition) is 6. The first-order chi connectivity index (χ1) is 15.0.